The molecule has 0 bridgehead atoms. The Kier molecular flexibility index (Phi) is 46.1. The van der Waals surface area contributed by atoms with Gasteiger partial charge in [-0.2, -0.15) is 0 Å². The molecular formula is C56H88O6. The summed E-state index contributed by atoms with van der Waals surface area (Å²) >= 11 is 0. The number of unbranched alkanes of at least 4 members (excludes halogenated alkanes) is 15. The molecule has 62 heavy (non-hydrogen) atoms. The lowest BCUT2D eigenvalue weighted by Crippen LogP contribution is -2.30. The second-order valence-electron chi connectivity index (χ2n) is 15.7. The molecule has 348 valence electrons. The van der Waals surface area contributed by atoms with Crippen LogP contribution in [0.1, 0.15) is 194 Å². The van der Waals surface area contributed by atoms with Gasteiger partial charge in [-0.1, -0.05) is 213 Å². The number of esters is 3. The first kappa shape index (κ1) is 57.8. The van der Waals surface area contributed by atoms with Crippen LogP contribution in [-0.2, 0) is 28.6 Å². The maximum Gasteiger partial charge on any atom is 0.306 e. The maximum atomic E-state index is 12.8. The van der Waals surface area contributed by atoms with E-state index >= 15 is 0 Å². The normalized spacial score (nSPS) is 13.1. The van der Waals surface area contributed by atoms with Crippen LogP contribution in [0.5, 0.6) is 0 Å². The molecule has 0 aliphatic rings. The maximum absolute atomic E-state index is 12.8. The number of allylic oxidation sites excluding steroid dienone is 20. The number of ether oxygens (including phenoxy) is 3. The molecule has 0 amide bonds. The number of hydrogen-bond acceptors (Lipinski definition) is 6. The predicted molar refractivity (Wildman–Crippen MR) is 265 cm³/mol. The first-order valence-electron chi connectivity index (χ1n) is 24.6. The third-order valence-electron chi connectivity index (χ3n) is 9.84. The Balaban J connectivity index is 4.52. The van der Waals surface area contributed by atoms with Crippen molar-refractivity contribution in [2.45, 2.75) is 200 Å². The fraction of sp³-hybridized carbons (Fsp3) is 0.589. The third-order valence-corrected chi connectivity index (χ3v) is 9.84. The zero-order chi connectivity index (χ0) is 45.1. The number of carbonyl (C=O) groups excluding carboxylic acids is 3. The van der Waals surface area contributed by atoms with Crippen LogP contribution >= 0.6 is 0 Å². The van der Waals surface area contributed by atoms with Crippen molar-refractivity contribution in [1.29, 1.82) is 0 Å². The molecule has 1 atom stereocenters. The molecular weight excluding hydrogens is 769 g/mol. The van der Waals surface area contributed by atoms with E-state index in [9.17, 15) is 14.4 Å². The van der Waals surface area contributed by atoms with Gasteiger partial charge in [0.25, 0.3) is 0 Å². The summed E-state index contributed by atoms with van der Waals surface area (Å²) in [6, 6.07) is 0. The van der Waals surface area contributed by atoms with E-state index in [0.717, 1.165) is 103 Å². The first-order chi connectivity index (χ1) is 30.5. The van der Waals surface area contributed by atoms with Crippen molar-refractivity contribution in [2.24, 2.45) is 0 Å². The van der Waals surface area contributed by atoms with Crippen molar-refractivity contribution in [3.63, 3.8) is 0 Å². The van der Waals surface area contributed by atoms with Crippen LogP contribution in [0.15, 0.2) is 122 Å². The number of carbonyl (C=O) groups is 3. The molecule has 0 saturated heterocycles. The smallest absolute Gasteiger partial charge is 0.306 e. The molecule has 0 aromatic heterocycles. The largest absolute Gasteiger partial charge is 0.462 e. The minimum atomic E-state index is -0.814. The Labute approximate surface area is 380 Å². The average Bonchev–Trinajstić information content (AvgIpc) is 3.27. The highest BCUT2D eigenvalue weighted by Gasteiger charge is 2.19. The van der Waals surface area contributed by atoms with Crippen LogP contribution in [0.25, 0.3) is 0 Å². The van der Waals surface area contributed by atoms with Crippen LogP contribution in [0.2, 0.25) is 0 Å². The van der Waals surface area contributed by atoms with Crippen molar-refractivity contribution in [3.8, 4) is 0 Å². The van der Waals surface area contributed by atoms with Crippen molar-refractivity contribution < 1.29 is 28.6 Å². The van der Waals surface area contributed by atoms with Gasteiger partial charge in [-0.05, 0) is 83.5 Å². The van der Waals surface area contributed by atoms with Crippen molar-refractivity contribution in [1.82, 2.24) is 0 Å². The number of hydrogen-bond donors (Lipinski definition) is 0. The summed E-state index contributed by atoms with van der Waals surface area (Å²) in [7, 11) is 0. The molecule has 0 heterocycles. The van der Waals surface area contributed by atoms with Crippen LogP contribution in [0.3, 0.4) is 0 Å². The summed E-state index contributed by atoms with van der Waals surface area (Å²) in [5, 5.41) is 0. The lowest BCUT2D eigenvalue weighted by atomic mass is 10.1. The summed E-state index contributed by atoms with van der Waals surface area (Å²) in [5.41, 5.74) is 0. The summed E-state index contributed by atoms with van der Waals surface area (Å²) < 4.78 is 16.7. The molecule has 1 unspecified atom stereocenters. The van der Waals surface area contributed by atoms with E-state index in [1.807, 2.05) is 48.6 Å². The Morgan fingerprint density at radius 2 is 0.710 bits per heavy atom. The first-order valence-corrected chi connectivity index (χ1v) is 24.6. The molecule has 0 aliphatic heterocycles. The minimum absolute atomic E-state index is 0.109. The summed E-state index contributed by atoms with van der Waals surface area (Å²) in [6.45, 7) is 6.28. The van der Waals surface area contributed by atoms with Gasteiger partial charge in [-0.25, -0.2) is 0 Å². The Hall–Kier alpha value is -4.19. The molecule has 0 aliphatic carbocycles. The Morgan fingerprint density at radius 3 is 1.18 bits per heavy atom. The van der Waals surface area contributed by atoms with Gasteiger partial charge in [0.2, 0.25) is 0 Å². The van der Waals surface area contributed by atoms with Gasteiger partial charge < -0.3 is 14.2 Å². The molecule has 0 rings (SSSR count). The van der Waals surface area contributed by atoms with E-state index in [1.54, 1.807) is 0 Å². The molecule has 0 spiro atoms. The molecule has 6 heteroatoms. The minimum Gasteiger partial charge on any atom is -0.462 e. The highest BCUT2D eigenvalue weighted by atomic mass is 16.6. The second kappa shape index (κ2) is 49.5. The van der Waals surface area contributed by atoms with Crippen LogP contribution in [-0.4, -0.2) is 37.2 Å². The van der Waals surface area contributed by atoms with E-state index in [4.69, 9.17) is 14.2 Å². The highest BCUT2D eigenvalue weighted by molar-refractivity contribution is 5.71. The Bertz CT molecular complexity index is 1350. The lowest BCUT2D eigenvalue weighted by Gasteiger charge is -2.18. The molecule has 0 radical (unpaired) electrons. The quantitative estimate of drug-likeness (QED) is 0.0200. The van der Waals surface area contributed by atoms with Gasteiger partial charge in [0.1, 0.15) is 13.2 Å². The highest BCUT2D eigenvalue weighted by Crippen LogP contribution is 2.13. The molecule has 0 fully saturated rings. The van der Waals surface area contributed by atoms with E-state index in [-0.39, 0.29) is 37.5 Å². The average molecular weight is 857 g/mol. The standard InChI is InChI=1S/C56H88O6/c1-4-7-10-13-16-19-22-24-26-27-28-29-31-32-34-37-40-43-46-49-55(58)61-52-53(51-60-54(57)48-45-42-39-36-21-18-15-12-9-6-3)62-56(59)50-47-44-41-38-35-33-30-25-23-20-17-14-11-8-5-2/h7-8,10-11,14,16-17,19-20,23-26,28-30,32-35,53H,4-6,9,12-13,15,18,21-22,27,31,36-52H2,1-3H3/b10-7-,11-8-,17-14-,19-16-,23-20-,26-24-,29-28-,30-25-,34-32-,35-33-. The van der Waals surface area contributed by atoms with E-state index in [0.29, 0.717) is 19.3 Å². The topological polar surface area (TPSA) is 78.9 Å². The van der Waals surface area contributed by atoms with Crippen molar-refractivity contribution in [3.05, 3.63) is 122 Å². The molecule has 0 aromatic carbocycles. The summed E-state index contributed by atoms with van der Waals surface area (Å²) in [6.07, 6.45) is 67.5. The second-order valence-corrected chi connectivity index (χ2v) is 15.7. The van der Waals surface area contributed by atoms with Gasteiger partial charge in [-0.15, -0.1) is 0 Å². The molecule has 6 nitrogen and oxygen atoms in total. The van der Waals surface area contributed by atoms with Gasteiger partial charge in [0, 0.05) is 19.3 Å². The SMILES string of the molecule is CC\C=C/C=C\C=C/C=C\C=C/CCCCCC(=O)OC(COC(=O)CCCCC/C=C\C/C=C\C/C=C\C/C=C\C/C=C\CC)COC(=O)CCCCCCCCCCCC. The lowest BCUT2D eigenvalue weighted by molar-refractivity contribution is -0.167. The fourth-order valence-electron chi connectivity index (χ4n) is 6.19. The third kappa shape index (κ3) is 46.9. The molecule has 0 saturated carbocycles. The summed E-state index contributed by atoms with van der Waals surface area (Å²) in [4.78, 5) is 37.9. The van der Waals surface area contributed by atoms with E-state index < -0.39 is 6.10 Å². The van der Waals surface area contributed by atoms with Gasteiger partial charge >= 0.3 is 17.9 Å². The summed E-state index contributed by atoms with van der Waals surface area (Å²) in [5.74, 6) is -0.996. The van der Waals surface area contributed by atoms with E-state index in [2.05, 4.69) is 93.7 Å². The predicted octanol–water partition coefficient (Wildman–Crippen LogP) is 16.1. The monoisotopic (exact) mass is 857 g/mol. The molecule has 0 aromatic rings. The van der Waals surface area contributed by atoms with Crippen LogP contribution in [0.4, 0.5) is 0 Å². The van der Waals surface area contributed by atoms with Crippen LogP contribution in [0, 0.1) is 0 Å². The van der Waals surface area contributed by atoms with Crippen LogP contribution < -0.4 is 0 Å². The van der Waals surface area contributed by atoms with E-state index in [1.165, 1.54) is 44.9 Å². The van der Waals surface area contributed by atoms with Gasteiger partial charge in [-0.3, -0.25) is 14.4 Å². The zero-order valence-corrected chi connectivity index (χ0v) is 39.6. The van der Waals surface area contributed by atoms with Crippen molar-refractivity contribution in [2.75, 3.05) is 13.2 Å². The fourth-order valence-corrected chi connectivity index (χ4v) is 6.19. The Morgan fingerprint density at radius 1 is 0.355 bits per heavy atom. The van der Waals surface area contributed by atoms with Gasteiger partial charge in [0.15, 0.2) is 6.10 Å². The zero-order valence-electron chi connectivity index (χ0n) is 39.6. The molecule has 0 N–H and O–H groups in total. The van der Waals surface area contributed by atoms with Crippen molar-refractivity contribution >= 4 is 17.9 Å². The van der Waals surface area contributed by atoms with Gasteiger partial charge in [0.05, 0.1) is 0 Å². The number of rotatable bonds is 42.